The van der Waals surface area contributed by atoms with Crippen molar-refractivity contribution < 1.29 is 33.7 Å². The quantitative estimate of drug-likeness (QED) is 0.402. The third-order valence-electron chi connectivity index (χ3n) is 4.07. The van der Waals surface area contributed by atoms with Gasteiger partial charge in [0.1, 0.15) is 18.0 Å². The number of ether oxygens (including phenoxy) is 1. The normalized spacial score (nSPS) is 26.3. The predicted octanol–water partition coefficient (Wildman–Crippen LogP) is -1.02. The minimum absolute atomic E-state index is 0.0126. The molecular formula is C14H17N2O9P. The first-order valence-corrected chi connectivity index (χ1v) is 9.42. The van der Waals surface area contributed by atoms with E-state index in [2.05, 4.69) is 4.98 Å². The lowest BCUT2D eigenvalue weighted by atomic mass is 10.1. The zero-order valence-corrected chi connectivity index (χ0v) is 14.2. The van der Waals surface area contributed by atoms with E-state index in [1.807, 2.05) is 0 Å². The summed E-state index contributed by atoms with van der Waals surface area (Å²) in [5.74, 6) is 0.186. The molecule has 3 heterocycles. The van der Waals surface area contributed by atoms with Gasteiger partial charge in [0.2, 0.25) is 0 Å². The second-order valence-corrected chi connectivity index (χ2v) is 7.69. The minimum atomic E-state index is -4.31. The third kappa shape index (κ3) is 3.73. The number of nitrogens with one attached hydrogen (secondary N) is 1. The summed E-state index contributed by atoms with van der Waals surface area (Å²) in [5, 5.41) is 20.2. The summed E-state index contributed by atoms with van der Waals surface area (Å²) >= 11 is 0. The number of aliphatic hydroxyl groups excluding tert-OH is 2. The van der Waals surface area contributed by atoms with E-state index in [0.29, 0.717) is 0 Å². The molecule has 1 fully saturated rings. The van der Waals surface area contributed by atoms with Gasteiger partial charge >= 0.3 is 13.3 Å². The van der Waals surface area contributed by atoms with Crippen molar-refractivity contribution in [2.45, 2.75) is 31.0 Å². The van der Waals surface area contributed by atoms with Crippen LogP contribution in [0.5, 0.6) is 0 Å². The van der Waals surface area contributed by atoms with Crippen molar-refractivity contribution in [3.8, 4) is 11.3 Å². The smallest absolute Gasteiger partial charge is 0.330 e. The lowest BCUT2D eigenvalue weighted by Gasteiger charge is -2.17. The zero-order valence-electron chi connectivity index (χ0n) is 13.3. The molecule has 3 rings (SSSR count). The van der Waals surface area contributed by atoms with Gasteiger partial charge in [0.25, 0.3) is 5.56 Å². The van der Waals surface area contributed by atoms with Crippen LogP contribution in [-0.4, -0.2) is 54.0 Å². The molecule has 1 aliphatic heterocycles. The number of H-pyrrole nitrogens is 1. The molecule has 0 aromatic carbocycles. The summed E-state index contributed by atoms with van der Waals surface area (Å²) in [6, 6.07) is 3.05. The molecule has 2 aromatic heterocycles. The van der Waals surface area contributed by atoms with Crippen LogP contribution < -0.4 is 11.2 Å². The Morgan fingerprint density at radius 1 is 1.23 bits per heavy atom. The standard InChI is InChI=1S/C14H17N2O9P/c17-10-9(3-5-26(21,22)23)25-13(11(10)18)16-6-7(8-2-1-4-24-8)12(19)15-14(16)20/h1-2,4,6,9-11,13,17-18H,3,5H2,(H,15,19,20)(H2,21,22,23)/t9-,10-,11-,13-/m1/s1. The Kier molecular flexibility index (Phi) is 5.02. The number of hydrogen-bond acceptors (Lipinski definition) is 7. The monoisotopic (exact) mass is 388 g/mol. The minimum Gasteiger partial charge on any atom is -0.464 e. The van der Waals surface area contributed by atoms with Crippen LogP contribution in [-0.2, 0) is 9.30 Å². The van der Waals surface area contributed by atoms with Crippen molar-refractivity contribution in [3.05, 3.63) is 45.4 Å². The molecule has 0 radical (unpaired) electrons. The average molecular weight is 388 g/mol. The van der Waals surface area contributed by atoms with Crippen LogP contribution in [0, 0.1) is 0 Å². The Morgan fingerprint density at radius 2 is 1.96 bits per heavy atom. The Balaban J connectivity index is 1.91. The molecule has 26 heavy (non-hydrogen) atoms. The molecule has 11 nitrogen and oxygen atoms in total. The number of hydrogen-bond donors (Lipinski definition) is 5. The fourth-order valence-electron chi connectivity index (χ4n) is 2.77. The van der Waals surface area contributed by atoms with Gasteiger partial charge in [-0.1, -0.05) is 0 Å². The van der Waals surface area contributed by atoms with E-state index < -0.39 is 49.5 Å². The number of nitrogens with zero attached hydrogens (tertiary/aromatic N) is 1. The van der Waals surface area contributed by atoms with Crippen molar-refractivity contribution in [2.24, 2.45) is 0 Å². The van der Waals surface area contributed by atoms with Gasteiger partial charge in [0.15, 0.2) is 6.23 Å². The van der Waals surface area contributed by atoms with Gasteiger partial charge in [0.05, 0.1) is 24.1 Å². The molecule has 1 aliphatic rings. The van der Waals surface area contributed by atoms with E-state index in [1.165, 1.54) is 12.3 Å². The Hall–Kier alpha value is -2.01. The molecule has 142 valence electrons. The lowest BCUT2D eigenvalue weighted by Crippen LogP contribution is -2.38. The van der Waals surface area contributed by atoms with Crippen molar-refractivity contribution in [1.29, 1.82) is 0 Å². The molecule has 2 aromatic rings. The third-order valence-corrected chi connectivity index (χ3v) is 4.91. The number of aromatic amines is 1. The molecule has 1 saturated heterocycles. The van der Waals surface area contributed by atoms with E-state index >= 15 is 0 Å². The fraction of sp³-hybridized carbons (Fsp3) is 0.429. The first-order chi connectivity index (χ1) is 12.2. The van der Waals surface area contributed by atoms with Gasteiger partial charge in [-0.05, 0) is 18.6 Å². The maximum Gasteiger partial charge on any atom is 0.330 e. The Bertz CT molecular complexity index is 929. The SMILES string of the molecule is O=c1[nH]c(=O)n([C@@H]2O[C@H](CCP(=O)(O)O)[C@@H](O)[C@H]2O)cc1-c1ccco1. The van der Waals surface area contributed by atoms with E-state index in [9.17, 15) is 24.4 Å². The molecule has 0 spiro atoms. The van der Waals surface area contributed by atoms with Gasteiger partial charge in [0, 0.05) is 6.20 Å². The largest absolute Gasteiger partial charge is 0.464 e. The van der Waals surface area contributed by atoms with Crippen LogP contribution in [0.15, 0.2) is 38.6 Å². The summed E-state index contributed by atoms with van der Waals surface area (Å²) in [6.45, 7) is 0. The van der Waals surface area contributed by atoms with Gasteiger partial charge in [-0.25, -0.2) is 4.79 Å². The van der Waals surface area contributed by atoms with Crippen LogP contribution in [0.4, 0.5) is 0 Å². The second-order valence-electron chi connectivity index (χ2n) is 5.91. The average Bonchev–Trinajstić information content (AvgIpc) is 3.16. The second kappa shape index (κ2) is 6.95. The van der Waals surface area contributed by atoms with Crippen LogP contribution in [0.3, 0.4) is 0 Å². The van der Waals surface area contributed by atoms with Crippen LogP contribution >= 0.6 is 7.60 Å². The summed E-state index contributed by atoms with van der Waals surface area (Å²) in [4.78, 5) is 44.0. The predicted molar refractivity (Wildman–Crippen MR) is 86.5 cm³/mol. The van der Waals surface area contributed by atoms with Gasteiger partial charge in [-0.3, -0.25) is 18.9 Å². The topological polar surface area (TPSA) is 175 Å². The van der Waals surface area contributed by atoms with Crippen LogP contribution in [0.2, 0.25) is 0 Å². The summed E-state index contributed by atoms with van der Waals surface area (Å²) in [5.41, 5.74) is -1.57. The Labute approximate surface area is 145 Å². The maximum absolute atomic E-state index is 12.1. The number of aromatic nitrogens is 2. The van der Waals surface area contributed by atoms with Crippen molar-refractivity contribution >= 4 is 7.60 Å². The molecule has 0 bridgehead atoms. The zero-order chi connectivity index (χ0) is 19.1. The molecule has 4 atom stereocenters. The van der Waals surface area contributed by atoms with E-state index in [1.54, 1.807) is 6.07 Å². The van der Waals surface area contributed by atoms with Gasteiger partial charge < -0.3 is 29.2 Å². The number of furan rings is 1. The molecular weight excluding hydrogens is 371 g/mol. The first kappa shape index (κ1) is 18.8. The van der Waals surface area contributed by atoms with E-state index in [0.717, 1.165) is 10.8 Å². The summed E-state index contributed by atoms with van der Waals surface area (Å²) < 4.78 is 22.4. The highest BCUT2D eigenvalue weighted by molar-refractivity contribution is 7.51. The van der Waals surface area contributed by atoms with Crippen molar-refractivity contribution in [1.82, 2.24) is 9.55 Å². The highest BCUT2D eigenvalue weighted by Gasteiger charge is 2.44. The number of rotatable bonds is 5. The van der Waals surface area contributed by atoms with Gasteiger partial charge in [-0.15, -0.1) is 0 Å². The highest BCUT2D eigenvalue weighted by Crippen LogP contribution is 2.38. The highest BCUT2D eigenvalue weighted by atomic mass is 31.2. The maximum atomic E-state index is 12.1. The summed E-state index contributed by atoms with van der Waals surface area (Å²) in [7, 11) is -4.31. The van der Waals surface area contributed by atoms with Crippen LogP contribution in [0.25, 0.3) is 11.3 Å². The first-order valence-electron chi connectivity index (χ1n) is 7.63. The van der Waals surface area contributed by atoms with E-state index in [-0.39, 0.29) is 17.7 Å². The molecule has 0 saturated carbocycles. The summed E-state index contributed by atoms with van der Waals surface area (Å²) in [6.07, 6.45) is -3.73. The molecule has 0 unspecified atom stereocenters. The van der Waals surface area contributed by atoms with Crippen LogP contribution in [0.1, 0.15) is 12.6 Å². The van der Waals surface area contributed by atoms with Crippen molar-refractivity contribution in [3.63, 3.8) is 0 Å². The van der Waals surface area contributed by atoms with Crippen molar-refractivity contribution in [2.75, 3.05) is 6.16 Å². The fourth-order valence-corrected chi connectivity index (χ4v) is 3.37. The molecule has 12 heteroatoms. The molecule has 0 amide bonds. The van der Waals surface area contributed by atoms with E-state index in [4.69, 9.17) is 18.9 Å². The lowest BCUT2D eigenvalue weighted by molar-refractivity contribution is -0.0404. The Morgan fingerprint density at radius 3 is 2.58 bits per heavy atom. The molecule has 0 aliphatic carbocycles. The van der Waals surface area contributed by atoms with Gasteiger partial charge in [-0.2, -0.15) is 0 Å². The molecule has 5 N–H and O–H groups in total. The number of aliphatic hydroxyl groups is 2.